The van der Waals surface area contributed by atoms with E-state index >= 15 is 0 Å². The molecule has 2 aromatic heterocycles. The maximum absolute atomic E-state index is 12.7. The van der Waals surface area contributed by atoms with Crippen molar-refractivity contribution in [3.8, 4) is 0 Å². The molecule has 8 N–H and O–H groups in total. The summed E-state index contributed by atoms with van der Waals surface area (Å²) >= 11 is 0. The maximum atomic E-state index is 12.7. The number of aromatic nitrogens is 4. The Balaban J connectivity index is 1.12. The second-order valence-corrected chi connectivity index (χ2v) is 10.9. The minimum atomic E-state index is -1.37. The highest BCUT2D eigenvalue weighted by Gasteiger charge is 2.32. The Morgan fingerprint density at radius 1 is 0.940 bits per heavy atom. The summed E-state index contributed by atoms with van der Waals surface area (Å²) in [7, 11) is 0. The van der Waals surface area contributed by atoms with Crippen LogP contribution in [0.5, 0.6) is 0 Å². The van der Waals surface area contributed by atoms with Gasteiger partial charge in [-0.2, -0.15) is 4.98 Å². The van der Waals surface area contributed by atoms with Gasteiger partial charge in [0.2, 0.25) is 17.8 Å². The summed E-state index contributed by atoms with van der Waals surface area (Å²) in [6, 6.07) is 4.76. The van der Waals surface area contributed by atoms with Gasteiger partial charge in [0.05, 0.1) is 25.1 Å². The summed E-state index contributed by atoms with van der Waals surface area (Å²) < 4.78 is 0. The predicted octanol–water partition coefficient (Wildman–Crippen LogP) is -0.772. The molecule has 0 bridgehead atoms. The van der Waals surface area contributed by atoms with E-state index in [1.165, 1.54) is 18.3 Å². The van der Waals surface area contributed by atoms with Crippen LogP contribution >= 0.6 is 0 Å². The van der Waals surface area contributed by atoms with Crippen LogP contribution in [-0.2, 0) is 40.1 Å². The number of rotatable bonds is 17. The summed E-state index contributed by atoms with van der Waals surface area (Å²) in [5.41, 5.74) is 6.34. The molecule has 50 heavy (non-hydrogen) atoms. The Morgan fingerprint density at radius 3 is 2.28 bits per heavy atom. The average Bonchev–Trinajstić information content (AvgIpc) is 3.39. The van der Waals surface area contributed by atoms with Crippen LogP contribution in [0, 0.1) is 0 Å². The Labute approximate surface area is 282 Å². The molecule has 1 unspecified atom stereocenters. The number of carbonyl (C=O) groups excluding carboxylic acids is 6. The number of imide groups is 1. The summed E-state index contributed by atoms with van der Waals surface area (Å²) in [5, 5.41) is 20.4. The van der Waals surface area contributed by atoms with Gasteiger partial charge in [0.25, 0.3) is 23.3 Å². The standard InChI is InChI=1S/C30H34N10O10/c31-30-38-26-25(28(47)39-30)36-18(14-33-26)13-32-17-7-5-16(6-8-17)27(46)37-19(29(48)49)9-10-21(42)35-15-34-20(41)3-1-2-4-24(45)50-40-22(43)11-12-23(40)44/h5-8,14,19,32H,1-4,9-13,15H2,(H,34,41)(H,35,42)(H,37,46)(H,48,49)(H3,31,33,38,39,47). The van der Waals surface area contributed by atoms with Crippen molar-refractivity contribution in [3.05, 3.63) is 52.1 Å². The van der Waals surface area contributed by atoms with Crippen molar-refractivity contribution in [1.82, 2.24) is 40.9 Å². The number of hydrogen-bond acceptors (Lipinski definition) is 14. The van der Waals surface area contributed by atoms with Crippen molar-refractivity contribution < 1.29 is 43.5 Å². The number of carboxylic acid groups (broad SMARTS) is 1. The molecule has 1 saturated heterocycles. The van der Waals surface area contributed by atoms with Crippen molar-refractivity contribution >= 4 is 64.3 Å². The number of nitrogens with one attached hydrogen (secondary N) is 5. The van der Waals surface area contributed by atoms with Crippen LogP contribution in [0.3, 0.4) is 0 Å². The molecule has 3 heterocycles. The third kappa shape index (κ3) is 10.5. The summed E-state index contributed by atoms with van der Waals surface area (Å²) in [5.74, 6) is -4.98. The van der Waals surface area contributed by atoms with Gasteiger partial charge >= 0.3 is 11.9 Å². The molecule has 0 aliphatic carbocycles. The molecule has 1 aliphatic rings. The minimum Gasteiger partial charge on any atom is -0.480 e. The largest absolute Gasteiger partial charge is 0.480 e. The third-order valence-electron chi connectivity index (χ3n) is 7.18. The number of hydrogen-bond donors (Lipinski definition) is 7. The summed E-state index contributed by atoms with van der Waals surface area (Å²) in [6.07, 6.45) is 1.43. The highest BCUT2D eigenvalue weighted by Crippen LogP contribution is 2.14. The average molecular weight is 695 g/mol. The molecule has 0 saturated carbocycles. The first-order valence-corrected chi connectivity index (χ1v) is 15.4. The van der Waals surface area contributed by atoms with Crippen molar-refractivity contribution in [3.63, 3.8) is 0 Å². The second kappa shape index (κ2) is 17.1. The van der Waals surface area contributed by atoms with Gasteiger partial charge in [-0.3, -0.25) is 33.8 Å². The molecule has 1 aromatic carbocycles. The van der Waals surface area contributed by atoms with Gasteiger partial charge in [-0.1, -0.05) is 0 Å². The number of aromatic amines is 1. The van der Waals surface area contributed by atoms with Crippen molar-refractivity contribution in [2.75, 3.05) is 17.7 Å². The molecule has 264 valence electrons. The molecule has 0 spiro atoms. The van der Waals surface area contributed by atoms with Gasteiger partial charge in [-0.25, -0.2) is 19.6 Å². The number of nitrogens with two attached hydrogens (primary N) is 1. The number of anilines is 2. The first-order chi connectivity index (χ1) is 23.9. The van der Waals surface area contributed by atoms with E-state index in [1.807, 2.05) is 0 Å². The van der Waals surface area contributed by atoms with Crippen LogP contribution in [0.1, 0.15) is 67.4 Å². The fraction of sp³-hybridized carbons (Fsp3) is 0.367. The van der Waals surface area contributed by atoms with Gasteiger partial charge in [0.1, 0.15) is 6.04 Å². The molecule has 0 radical (unpaired) electrons. The summed E-state index contributed by atoms with van der Waals surface area (Å²) in [6.45, 7) is -0.0285. The first-order valence-electron chi connectivity index (χ1n) is 15.4. The number of H-pyrrole nitrogens is 1. The molecule has 1 aliphatic heterocycles. The molecule has 20 nitrogen and oxygen atoms in total. The van der Waals surface area contributed by atoms with Gasteiger partial charge < -0.3 is 36.9 Å². The van der Waals surface area contributed by atoms with Gasteiger partial charge in [0.15, 0.2) is 11.2 Å². The number of amides is 5. The quantitative estimate of drug-likeness (QED) is 0.0518. The lowest BCUT2D eigenvalue weighted by Gasteiger charge is -2.15. The molecule has 1 fully saturated rings. The van der Waals surface area contributed by atoms with Crippen LogP contribution in [-0.4, -0.2) is 84.3 Å². The number of fused-ring (bicyclic) bond motifs is 1. The Morgan fingerprint density at radius 2 is 1.60 bits per heavy atom. The zero-order valence-electron chi connectivity index (χ0n) is 26.5. The van der Waals surface area contributed by atoms with Crippen LogP contribution in [0.15, 0.2) is 35.3 Å². The molecule has 4 rings (SSSR count). The van der Waals surface area contributed by atoms with Crippen molar-refractivity contribution in [1.29, 1.82) is 0 Å². The predicted molar refractivity (Wildman–Crippen MR) is 171 cm³/mol. The Bertz CT molecular complexity index is 1830. The van der Waals surface area contributed by atoms with E-state index in [1.54, 1.807) is 12.1 Å². The maximum Gasteiger partial charge on any atom is 0.333 e. The molecular formula is C30H34N10O10. The monoisotopic (exact) mass is 694 g/mol. The van der Waals surface area contributed by atoms with Crippen LogP contribution in [0.4, 0.5) is 11.6 Å². The Hall–Kier alpha value is -6.47. The third-order valence-corrected chi connectivity index (χ3v) is 7.18. The molecule has 20 heteroatoms. The fourth-order valence-corrected chi connectivity index (χ4v) is 4.54. The number of aliphatic carboxylic acids is 1. The first kappa shape index (κ1) is 36.4. The second-order valence-electron chi connectivity index (χ2n) is 10.9. The fourth-order valence-electron chi connectivity index (χ4n) is 4.54. The molecule has 3 aromatic rings. The lowest BCUT2D eigenvalue weighted by molar-refractivity contribution is -0.197. The topological polar surface area (TPSA) is 298 Å². The lowest BCUT2D eigenvalue weighted by atomic mass is 10.1. The number of unbranched alkanes of at least 4 members (excludes halogenated alkanes) is 1. The van der Waals surface area contributed by atoms with Crippen LogP contribution in [0.25, 0.3) is 11.2 Å². The zero-order valence-corrected chi connectivity index (χ0v) is 26.5. The SMILES string of the molecule is Nc1nc2ncc(CNc3ccc(C(=O)NC(CCC(=O)NCNC(=O)CCCCC(=O)ON4C(=O)CCC4=O)C(=O)O)cc3)nc2c(=O)[nH]1. The number of benzene rings is 1. The van der Waals surface area contributed by atoms with E-state index in [-0.39, 0.29) is 80.8 Å². The van der Waals surface area contributed by atoms with E-state index in [0.717, 1.165) is 0 Å². The van der Waals surface area contributed by atoms with Crippen LogP contribution in [0.2, 0.25) is 0 Å². The van der Waals surface area contributed by atoms with E-state index in [9.17, 15) is 43.5 Å². The number of hydroxylamine groups is 2. The number of carbonyl (C=O) groups is 7. The molecule has 5 amide bonds. The smallest absolute Gasteiger partial charge is 0.333 e. The Kier molecular flexibility index (Phi) is 12.4. The van der Waals surface area contributed by atoms with E-state index in [0.29, 0.717) is 22.9 Å². The normalized spacial score (nSPS) is 13.1. The highest BCUT2D eigenvalue weighted by atomic mass is 16.7. The van der Waals surface area contributed by atoms with Gasteiger partial charge in [-0.15, -0.1) is 5.06 Å². The van der Waals surface area contributed by atoms with E-state index in [2.05, 4.69) is 41.2 Å². The summed E-state index contributed by atoms with van der Waals surface area (Å²) in [4.78, 5) is 115. The minimum absolute atomic E-state index is 0.0104. The van der Waals surface area contributed by atoms with Gasteiger partial charge in [0, 0.05) is 43.4 Å². The lowest BCUT2D eigenvalue weighted by Crippen LogP contribution is -2.42. The van der Waals surface area contributed by atoms with Gasteiger partial charge in [-0.05, 0) is 43.5 Å². The highest BCUT2D eigenvalue weighted by molar-refractivity contribution is 6.01. The van der Waals surface area contributed by atoms with E-state index < -0.39 is 53.1 Å². The van der Waals surface area contributed by atoms with Crippen molar-refractivity contribution in [2.24, 2.45) is 0 Å². The zero-order chi connectivity index (χ0) is 36.2. The number of nitrogens with zero attached hydrogens (tertiary/aromatic N) is 4. The van der Waals surface area contributed by atoms with Crippen molar-refractivity contribution in [2.45, 2.75) is 64.0 Å². The van der Waals surface area contributed by atoms with Crippen LogP contribution < -0.4 is 32.6 Å². The number of nitrogen functional groups attached to an aromatic ring is 1. The number of carboxylic acids is 1. The molecular weight excluding hydrogens is 660 g/mol. The molecule has 1 atom stereocenters. The van der Waals surface area contributed by atoms with E-state index in [4.69, 9.17) is 10.6 Å².